The number of anilines is 1. The van der Waals surface area contributed by atoms with Crippen molar-refractivity contribution in [1.82, 2.24) is 0 Å². The standard InChI is InChI=1S/C14H19NO2/c1-8-5-6-10(7-16)11-9(2)13(17)14(3,4)15-12(8)11/h5-7,9,13,15,17H,1-4H3/t9-,13+/m1/s1. The van der Waals surface area contributed by atoms with Gasteiger partial charge in [-0.3, -0.25) is 4.79 Å². The molecule has 3 nitrogen and oxygen atoms in total. The maximum Gasteiger partial charge on any atom is 0.150 e. The summed E-state index contributed by atoms with van der Waals surface area (Å²) in [6, 6.07) is 3.76. The first-order valence-corrected chi connectivity index (χ1v) is 5.93. The van der Waals surface area contributed by atoms with Crippen LogP contribution >= 0.6 is 0 Å². The average Bonchev–Trinajstić information content (AvgIpc) is 2.28. The normalized spacial score (nSPS) is 25.9. The first kappa shape index (κ1) is 12.1. The van der Waals surface area contributed by atoms with Gasteiger partial charge in [-0.25, -0.2) is 0 Å². The number of hydrogen-bond donors (Lipinski definition) is 2. The van der Waals surface area contributed by atoms with Gasteiger partial charge in [0.05, 0.1) is 11.6 Å². The Kier molecular flexibility index (Phi) is 2.74. The molecule has 0 saturated carbocycles. The Bertz CT molecular complexity index is 466. The zero-order valence-corrected chi connectivity index (χ0v) is 10.7. The number of benzene rings is 1. The Labute approximate surface area is 102 Å². The smallest absolute Gasteiger partial charge is 0.150 e. The van der Waals surface area contributed by atoms with Gasteiger partial charge in [0.1, 0.15) is 6.29 Å². The minimum Gasteiger partial charge on any atom is -0.390 e. The Morgan fingerprint density at radius 2 is 2.06 bits per heavy atom. The molecule has 0 unspecified atom stereocenters. The lowest BCUT2D eigenvalue weighted by Gasteiger charge is -2.43. The summed E-state index contributed by atoms with van der Waals surface area (Å²) in [7, 11) is 0. The lowest BCUT2D eigenvalue weighted by Crippen LogP contribution is -2.50. The van der Waals surface area contributed by atoms with Crippen LogP contribution in [0.25, 0.3) is 0 Å². The van der Waals surface area contributed by atoms with Crippen molar-refractivity contribution < 1.29 is 9.90 Å². The number of carbonyl (C=O) groups excluding carboxylic acids is 1. The summed E-state index contributed by atoms with van der Waals surface area (Å²) in [5.41, 5.74) is 3.33. The predicted octanol–water partition coefficient (Wildman–Crippen LogP) is 2.48. The molecule has 3 heteroatoms. The van der Waals surface area contributed by atoms with Crippen molar-refractivity contribution in [2.45, 2.75) is 45.3 Å². The summed E-state index contributed by atoms with van der Waals surface area (Å²) in [6.45, 7) is 7.94. The summed E-state index contributed by atoms with van der Waals surface area (Å²) < 4.78 is 0. The fourth-order valence-electron chi connectivity index (χ4n) is 2.68. The molecule has 2 N–H and O–H groups in total. The maximum atomic E-state index is 11.1. The molecule has 1 aliphatic heterocycles. The summed E-state index contributed by atoms with van der Waals surface area (Å²) in [5, 5.41) is 13.6. The molecule has 0 saturated heterocycles. The highest BCUT2D eigenvalue weighted by Gasteiger charge is 2.39. The zero-order chi connectivity index (χ0) is 12.8. The lowest BCUT2D eigenvalue weighted by molar-refractivity contribution is 0.0862. The molecule has 17 heavy (non-hydrogen) atoms. The van der Waals surface area contributed by atoms with Crippen LogP contribution in [0.3, 0.4) is 0 Å². The maximum absolute atomic E-state index is 11.1. The number of aliphatic hydroxyl groups is 1. The van der Waals surface area contributed by atoms with Gasteiger partial charge in [0.15, 0.2) is 0 Å². The minimum atomic E-state index is -0.504. The van der Waals surface area contributed by atoms with E-state index in [4.69, 9.17) is 0 Å². The molecule has 1 aromatic rings. The van der Waals surface area contributed by atoms with E-state index in [1.807, 2.05) is 39.8 Å². The second kappa shape index (κ2) is 3.84. The van der Waals surface area contributed by atoms with E-state index in [0.717, 1.165) is 23.1 Å². The molecule has 0 fully saturated rings. The fraction of sp³-hybridized carbons (Fsp3) is 0.500. The molecule has 2 atom stereocenters. The van der Waals surface area contributed by atoms with Crippen molar-refractivity contribution in [3.8, 4) is 0 Å². The summed E-state index contributed by atoms with van der Waals surface area (Å²) >= 11 is 0. The summed E-state index contributed by atoms with van der Waals surface area (Å²) in [6.07, 6.45) is 0.358. The van der Waals surface area contributed by atoms with Crippen LogP contribution in [-0.4, -0.2) is 23.0 Å². The van der Waals surface area contributed by atoms with Crippen LogP contribution in [0.4, 0.5) is 5.69 Å². The highest BCUT2D eigenvalue weighted by molar-refractivity contribution is 5.83. The van der Waals surface area contributed by atoms with Gasteiger partial charge in [-0.2, -0.15) is 0 Å². The number of aryl methyl sites for hydroxylation is 1. The van der Waals surface area contributed by atoms with Crippen LogP contribution in [0.15, 0.2) is 12.1 Å². The molecule has 2 rings (SSSR count). The number of aldehydes is 1. The van der Waals surface area contributed by atoms with E-state index in [1.165, 1.54) is 0 Å². The van der Waals surface area contributed by atoms with Crippen LogP contribution in [-0.2, 0) is 0 Å². The van der Waals surface area contributed by atoms with Crippen molar-refractivity contribution >= 4 is 12.0 Å². The Hall–Kier alpha value is -1.35. The Balaban J connectivity index is 2.67. The van der Waals surface area contributed by atoms with E-state index >= 15 is 0 Å². The van der Waals surface area contributed by atoms with Gasteiger partial charge in [0.25, 0.3) is 0 Å². The van der Waals surface area contributed by atoms with Gasteiger partial charge < -0.3 is 10.4 Å². The van der Waals surface area contributed by atoms with Crippen LogP contribution in [0, 0.1) is 6.92 Å². The molecule has 0 amide bonds. The molecule has 0 aromatic heterocycles. The molecule has 0 radical (unpaired) electrons. The van der Waals surface area contributed by atoms with Crippen LogP contribution in [0.1, 0.15) is 48.2 Å². The van der Waals surface area contributed by atoms with E-state index in [0.29, 0.717) is 5.56 Å². The first-order valence-electron chi connectivity index (χ1n) is 5.93. The van der Waals surface area contributed by atoms with Crippen molar-refractivity contribution in [2.24, 2.45) is 0 Å². The zero-order valence-electron chi connectivity index (χ0n) is 10.7. The SMILES string of the molecule is Cc1ccc(C=O)c2c1NC(C)(C)[C@@H](O)[C@@H]2C. The van der Waals surface area contributed by atoms with E-state index < -0.39 is 6.10 Å². The molecule has 0 spiro atoms. The van der Waals surface area contributed by atoms with E-state index in [2.05, 4.69) is 5.32 Å². The summed E-state index contributed by atoms with van der Waals surface area (Å²) in [5.74, 6) is -0.0404. The Morgan fingerprint density at radius 1 is 1.41 bits per heavy atom. The van der Waals surface area contributed by atoms with Crippen LogP contribution in [0.5, 0.6) is 0 Å². The third-order valence-corrected chi connectivity index (χ3v) is 3.73. The van der Waals surface area contributed by atoms with Gasteiger partial charge in [-0.1, -0.05) is 19.1 Å². The molecular formula is C14H19NO2. The van der Waals surface area contributed by atoms with Gasteiger partial charge in [-0.15, -0.1) is 0 Å². The van der Waals surface area contributed by atoms with Crippen molar-refractivity contribution in [3.05, 3.63) is 28.8 Å². The second-order valence-electron chi connectivity index (χ2n) is 5.46. The van der Waals surface area contributed by atoms with E-state index in [-0.39, 0.29) is 11.5 Å². The monoisotopic (exact) mass is 233 g/mol. The molecule has 0 aliphatic carbocycles. The number of rotatable bonds is 1. The van der Waals surface area contributed by atoms with E-state index in [1.54, 1.807) is 0 Å². The van der Waals surface area contributed by atoms with Crippen molar-refractivity contribution in [2.75, 3.05) is 5.32 Å². The van der Waals surface area contributed by atoms with Gasteiger partial charge >= 0.3 is 0 Å². The van der Waals surface area contributed by atoms with Crippen molar-refractivity contribution in [3.63, 3.8) is 0 Å². The fourth-order valence-corrected chi connectivity index (χ4v) is 2.68. The van der Waals surface area contributed by atoms with Crippen LogP contribution < -0.4 is 5.32 Å². The van der Waals surface area contributed by atoms with Crippen LogP contribution in [0.2, 0.25) is 0 Å². The number of nitrogens with one attached hydrogen (secondary N) is 1. The third-order valence-electron chi connectivity index (χ3n) is 3.73. The lowest BCUT2D eigenvalue weighted by atomic mass is 9.76. The molecule has 0 bridgehead atoms. The van der Waals surface area contributed by atoms with E-state index in [9.17, 15) is 9.90 Å². The molecule has 1 heterocycles. The van der Waals surface area contributed by atoms with Gasteiger partial charge in [-0.05, 0) is 31.9 Å². The molecular weight excluding hydrogens is 214 g/mol. The van der Waals surface area contributed by atoms with Gasteiger partial charge in [0.2, 0.25) is 0 Å². The highest BCUT2D eigenvalue weighted by Crippen LogP contribution is 2.41. The number of carbonyl (C=O) groups is 1. The molecule has 1 aliphatic rings. The predicted molar refractivity (Wildman–Crippen MR) is 68.7 cm³/mol. The largest absolute Gasteiger partial charge is 0.390 e. The molecule has 92 valence electrons. The first-order chi connectivity index (χ1) is 7.88. The van der Waals surface area contributed by atoms with Crippen molar-refractivity contribution in [1.29, 1.82) is 0 Å². The Morgan fingerprint density at radius 3 is 2.65 bits per heavy atom. The second-order valence-corrected chi connectivity index (χ2v) is 5.46. The third kappa shape index (κ3) is 1.75. The number of hydrogen-bond acceptors (Lipinski definition) is 3. The quantitative estimate of drug-likeness (QED) is 0.733. The number of aliphatic hydroxyl groups excluding tert-OH is 1. The highest BCUT2D eigenvalue weighted by atomic mass is 16.3. The topological polar surface area (TPSA) is 49.3 Å². The molecule has 1 aromatic carbocycles. The minimum absolute atomic E-state index is 0.0404. The average molecular weight is 233 g/mol. The number of fused-ring (bicyclic) bond motifs is 1. The van der Waals surface area contributed by atoms with Gasteiger partial charge in [0, 0.05) is 17.2 Å². The summed E-state index contributed by atoms with van der Waals surface area (Å²) in [4.78, 5) is 11.1.